The summed E-state index contributed by atoms with van der Waals surface area (Å²) in [6, 6.07) is 20.1. The van der Waals surface area contributed by atoms with Crippen molar-refractivity contribution in [2.45, 2.75) is 0 Å². The van der Waals surface area contributed by atoms with Crippen molar-refractivity contribution in [3.8, 4) is 17.6 Å². The second kappa shape index (κ2) is 6.25. The number of nitrogens with zero attached hydrogens (tertiary/aromatic N) is 6. The minimum Gasteiger partial charge on any atom is -0.457 e. The van der Waals surface area contributed by atoms with Gasteiger partial charge in [0.1, 0.15) is 11.5 Å². The van der Waals surface area contributed by atoms with Gasteiger partial charge in [-0.1, -0.05) is 6.07 Å². The Hall–Kier alpha value is -3.99. The van der Waals surface area contributed by atoms with E-state index >= 15 is 0 Å². The molecule has 8 nitrogen and oxygen atoms in total. The van der Waals surface area contributed by atoms with Crippen LogP contribution >= 0.6 is 0 Å². The first-order valence-corrected chi connectivity index (χ1v) is 7.41. The van der Waals surface area contributed by atoms with Gasteiger partial charge in [0.2, 0.25) is 0 Å². The molecule has 0 spiro atoms. The molecule has 2 aromatic carbocycles. The molecule has 1 N–H and O–H groups in total. The van der Waals surface area contributed by atoms with Crippen LogP contribution in [0.5, 0.6) is 11.5 Å². The summed E-state index contributed by atoms with van der Waals surface area (Å²) in [6.45, 7) is 0. The summed E-state index contributed by atoms with van der Waals surface area (Å²) in [7, 11) is 0. The molecule has 4 rings (SSSR count). The van der Waals surface area contributed by atoms with Gasteiger partial charge in [-0.3, -0.25) is 0 Å². The predicted molar refractivity (Wildman–Crippen MR) is 89.5 cm³/mol. The molecule has 0 aliphatic rings. The van der Waals surface area contributed by atoms with Crippen LogP contribution in [-0.2, 0) is 0 Å². The molecule has 0 saturated heterocycles. The SMILES string of the molecule is N#Cc1cccc(Oc2ccc(Nc3ccc4nnnn4n3)cc2)c1. The normalized spacial score (nSPS) is 10.4. The number of hydrogen-bond donors (Lipinski definition) is 1. The highest BCUT2D eigenvalue weighted by atomic mass is 16.5. The summed E-state index contributed by atoms with van der Waals surface area (Å²) in [5.74, 6) is 1.91. The Balaban J connectivity index is 1.48. The fourth-order valence-electron chi connectivity index (χ4n) is 2.24. The molecule has 0 fully saturated rings. The van der Waals surface area contributed by atoms with Gasteiger partial charge in [-0.25, -0.2) is 0 Å². The summed E-state index contributed by atoms with van der Waals surface area (Å²) in [6.07, 6.45) is 0. The molecule has 0 atom stereocenters. The Morgan fingerprint density at radius 1 is 1.00 bits per heavy atom. The molecule has 120 valence electrons. The Morgan fingerprint density at radius 3 is 2.72 bits per heavy atom. The average Bonchev–Trinajstić information content (AvgIpc) is 3.11. The first-order valence-electron chi connectivity index (χ1n) is 7.41. The van der Waals surface area contributed by atoms with E-state index in [1.165, 1.54) is 4.63 Å². The van der Waals surface area contributed by atoms with Crippen LogP contribution in [0.3, 0.4) is 0 Å². The Morgan fingerprint density at radius 2 is 1.88 bits per heavy atom. The van der Waals surface area contributed by atoms with Gasteiger partial charge in [0.05, 0.1) is 11.6 Å². The second-order valence-corrected chi connectivity index (χ2v) is 5.14. The number of nitrogens with one attached hydrogen (secondary N) is 1. The highest BCUT2D eigenvalue weighted by molar-refractivity contribution is 5.58. The van der Waals surface area contributed by atoms with Crippen LogP contribution < -0.4 is 10.1 Å². The molecule has 0 amide bonds. The van der Waals surface area contributed by atoms with Crippen molar-refractivity contribution in [3.05, 3.63) is 66.2 Å². The molecule has 0 radical (unpaired) electrons. The maximum Gasteiger partial charge on any atom is 0.200 e. The molecule has 25 heavy (non-hydrogen) atoms. The van der Waals surface area contributed by atoms with Gasteiger partial charge < -0.3 is 10.1 Å². The van der Waals surface area contributed by atoms with E-state index in [1.54, 1.807) is 36.4 Å². The molecule has 0 aliphatic carbocycles. The van der Waals surface area contributed by atoms with Gasteiger partial charge >= 0.3 is 0 Å². The van der Waals surface area contributed by atoms with E-state index in [0.717, 1.165) is 5.69 Å². The average molecular weight is 329 g/mol. The maximum atomic E-state index is 8.92. The Bertz CT molecular complexity index is 1070. The predicted octanol–water partition coefficient (Wildman–Crippen LogP) is 2.93. The number of tetrazole rings is 1. The Kier molecular flexibility index (Phi) is 3.65. The van der Waals surface area contributed by atoms with E-state index in [4.69, 9.17) is 10.00 Å². The van der Waals surface area contributed by atoms with Crippen molar-refractivity contribution in [3.63, 3.8) is 0 Å². The zero-order valence-electron chi connectivity index (χ0n) is 12.9. The smallest absolute Gasteiger partial charge is 0.200 e. The number of aromatic nitrogens is 5. The molecular weight excluding hydrogens is 318 g/mol. The van der Waals surface area contributed by atoms with Crippen molar-refractivity contribution >= 4 is 17.2 Å². The molecule has 4 aromatic rings. The number of anilines is 2. The van der Waals surface area contributed by atoms with Crippen molar-refractivity contribution in [2.24, 2.45) is 0 Å². The lowest BCUT2D eigenvalue weighted by molar-refractivity contribution is 0.482. The first kappa shape index (κ1) is 14.6. The fraction of sp³-hybridized carbons (Fsp3) is 0. The standard InChI is InChI=1S/C17H11N7O/c18-11-12-2-1-3-15(10-12)25-14-6-4-13(5-7-14)19-16-8-9-17-20-22-23-24(17)21-16/h1-10H,(H,19,21). The van der Waals surface area contributed by atoms with Gasteiger partial charge in [-0.05, 0) is 65.0 Å². The largest absolute Gasteiger partial charge is 0.457 e. The number of benzene rings is 2. The maximum absolute atomic E-state index is 8.92. The van der Waals surface area contributed by atoms with Gasteiger partial charge in [0.15, 0.2) is 11.5 Å². The van der Waals surface area contributed by atoms with Crippen molar-refractivity contribution in [2.75, 3.05) is 5.32 Å². The highest BCUT2D eigenvalue weighted by Crippen LogP contribution is 2.24. The van der Waals surface area contributed by atoms with Gasteiger partial charge in [0.25, 0.3) is 0 Å². The van der Waals surface area contributed by atoms with Crippen LogP contribution in [0.4, 0.5) is 11.5 Å². The summed E-state index contributed by atoms with van der Waals surface area (Å²) < 4.78 is 7.10. The molecule has 0 unspecified atom stereocenters. The molecule has 8 heteroatoms. The molecular formula is C17H11N7O. The summed E-state index contributed by atoms with van der Waals surface area (Å²) in [4.78, 5) is 0. The lowest BCUT2D eigenvalue weighted by Gasteiger charge is -2.08. The summed E-state index contributed by atoms with van der Waals surface area (Å²) in [5.41, 5.74) is 1.98. The molecule has 0 saturated carbocycles. The minimum absolute atomic E-state index is 0.555. The van der Waals surface area contributed by atoms with Crippen LogP contribution in [0.25, 0.3) is 5.65 Å². The van der Waals surface area contributed by atoms with Crippen molar-refractivity contribution < 1.29 is 4.74 Å². The molecule has 2 heterocycles. The third-order valence-electron chi connectivity index (χ3n) is 3.40. The van der Waals surface area contributed by atoms with Gasteiger partial charge in [-0.15, -0.1) is 14.8 Å². The minimum atomic E-state index is 0.555. The summed E-state index contributed by atoms with van der Waals surface area (Å²) >= 11 is 0. The number of ether oxygens (including phenoxy) is 1. The number of rotatable bonds is 4. The topological polar surface area (TPSA) is 101 Å². The van der Waals surface area contributed by atoms with Crippen LogP contribution in [0.2, 0.25) is 0 Å². The molecule has 0 bridgehead atoms. The zero-order chi connectivity index (χ0) is 17.1. The van der Waals surface area contributed by atoms with Gasteiger partial charge in [0, 0.05) is 5.69 Å². The number of nitriles is 1. The van der Waals surface area contributed by atoms with E-state index in [0.29, 0.717) is 28.5 Å². The van der Waals surface area contributed by atoms with Crippen LogP contribution in [0.15, 0.2) is 60.7 Å². The van der Waals surface area contributed by atoms with Gasteiger partial charge in [-0.2, -0.15) is 5.26 Å². The van der Waals surface area contributed by atoms with Crippen LogP contribution in [-0.4, -0.2) is 25.3 Å². The monoisotopic (exact) mass is 329 g/mol. The third kappa shape index (κ3) is 3.20. The Labute approximate surface area is 142 Å². The lowest BCUT2D eigenvalue weighted by atomic mass is 10.2. The number of fused-ring (bicyclic) bond motifs is 1. The van der Waals surface area contributed by atoms with E-state index in [2.05, 4.69) is 32.0 Å². The van der Waals surface area contributed by atoms with Crippen molar-refractivity contribution in [1.29, 1.82) is 5.26 Å². The molecule has 0 aliphatic heterocycles. The van der Waals surface area contributed by atoms with Crippen LogP contribution in [0, 0.1) is 11.3 Å². The van der Waals surface area contributed by atoms with Crippen LogP contribution in [0.1, 0.15) is 5.56 Å². The lowest BCUT2D eigenvalue weighted by Crippen LogP contribution is -2.00. The van der Waals surface area contributed by atoms with E-state index in [9.17, 15) is 0 Å². The summed E-state index contributed by atoms with van der Waals surface area (Å²) in [5, 5.41) is 27.5. The third-order valence-corrected chi connectivity index (χ3v) is 3.40. The number of hydrogen-bond acceptors (Lipinski definition) is 7. The van der Waals surface area contributed by atoms with E-state index < -0.39 is 0 Å². The quantitative estimate of drug-likeness (QED) is 0.614. The fourth-order valence-corrected chi connectivity index (χ4v) is 2.24. The molecule has 2 aromatic heterocycles. The zero-order valence-corrected chi connectivity index (χ0v) is 12.9. The van der Waals surface area contributed by atoms with E-state index in [-0.39, 0.29) is 0 Å². The van der Waals surface area contributed by atoms with E-state index in [1.807, 2.05) is 24.3 Å². The highest BCUT2D eigenvalue weighted by Gasteiger charge is 2.03. The van der Waals surface area contributed by atoms with Crippen molar-refractivity contribution in [1.82, 2.24) is 25.3 Å². The second-order valence-electron chi connectivity index (χ2n) is 5.14. The first-order chi connectivity index (χ1) is 12.3.